The SMILES string of the molecule is CBc1ccc(C)nc1N. The van der Waals surface area contributed by atoms with Crippen molar-refractivity contribution in [1.82, 2.24) is 4.98 Å². The van der Waals surface area contributed by atoms with Crippen molar-refractivity contribution in [1.29, 1.82) is 0 Å². The minimum atomic E-state index is 0.669. The first-order valence-electron chi connectivity index (χ1n) is 3.46. The lowest BCUT2D eigenvalue weighted by Crippen LogP contribution is -2.17. The Kier molecular flexibility index (Phi) is 1.95. The Labute approximate surface area is 61.7 Å². The van der Waals surface area contributed by atoms with Crippen molar-refractivity contribution in [2.45, 2.75) is 13.7 Å². The average Bonchev–Trinajstić information content (AvgIpc) is 1.88. The predicted octanol–water partition coefficient (Wildman–Crippen LogP) is 0.0821. The Balaban J connectivity index is 3.07. The second kappa shape index (κ2) is 2.73. The Morgan fingerprint density at radius 1 is 1.50 bits per heavy atom. The van der Waals surface area contributed by atoms with Gasteiger partial charge in [-0.15, -0.1) is 0 Å². The third-order valence-electron chi connectivity index (χ3n) is 1.53. The number of nitrogen functional groups attached to an aromatic ring is 1. The summed E-state index contributed by atoms with van der Waals surface area (Å²) in [7, 11) is 0.957. The maximum absolute atomic E-state index is 5.62. The van der Waals surface area contributed by atoms with Crippen molar-refractivity contribution in [3.8, 4) is 0 Å². The summed E-state index contributed by atoms with van der Waals surface area (Å²) in [6.07, 6.45) is 0. The number of pyridine rings is 1. The van der Waals surface area contributed by atoms with Crippen LogP contribution in [0.4, 0.5) is 5.82 Å². The Morgan fingerprint density at radius 2 is 2.20 bits per heavy atom. The third-order valence-corrected chi connectivity index (χ3v) is 1.53. The molecule has 0 aliphatic heterocycles. The molecule has 0 fully saturated rings. The van der Waals surface area contributed by atoms with Gasteiger partial charge in [-0.3, -0.25) is 0 Å². The summed E-state index contributed by atoms with van der Waals surface area (Å²) in [4.78, 5) is 4.12. The molecule has 0 radical (unpaired) electrons. The molecule has 0 aliphatic carbocycles. The molecule has 0 aliphatic rings. The molecule has 1 heterocycles. The fourth-order valence-corrected chi connectivity index (χ4v) is 0.905. The van der Waals surface area contributed by atoms with E-state index in [1.54, 1.807) is 0 Å². The van der Waals surface area contributed by atoms with Crippen LogP contribution >= 0.6 is 0 Å². The van der Waals surface area contributed by atoms with E-state index in [1.165, 1.54) is 0 Å². The second-order valence-electron chi connectivity index (χ2n) is 2.35. The van der Waals surface area contributed by atoms with Gasteiger partial charge in [0.15, 0.2) is 7.28 Å². The minimum Gasteiger partial charge on any atom is -0.384 e. The molecule has 0 spiro atoms. The predicted molar refractivity (Wildman–Crippen MR) is 46.0 cm³/mol. The van der Waals surface area contributed by atoms with Crippen LogP contribution in [-0.2, 0) is 0 Å². The molecule has 0 aromatic carbocycles. The van der Waals surface area contributed by atoms with E-state index in [4.69, 9.17) is 5.73 Å². The lowest BCUT2D eigenvalue weighted by molar-refractivity contribution is 1.22. The van der Waals surface area contributed by atoms with Crippen LogP contribution in [0.1, 0.15) is 5.69 Å². The summed E-state index contributed by atoms with van der Waals surface area (Å²) < 4.78 is 0. The smallest absolute Gasteiger partial charge is 0.159 e. The molecule has 0 bridgehead atoms. The van der Waals surface area contributed by atoms with E-state index in [0.29, 0.717) is 5.82 Å². The van der Waals surface area contributed by atoms with Gasteiger partial charge in [-0.2, -0.15) is 0 Å². The Bertz CT molecular complexity index is 235. The number of nitrogens with zero attached hydrogens (tertiary/aromatic N) is 1. The standard InChI is InChI=1S/C7H11BN2/c1-5-3-4-6(8-2)7(9)10-5/h3-4,8H,1-2H3,(H2,9,10). The first-order chi connectivity index (χ1) is 4.74. The first-order valence-corrected chi connectivity index (χ1v) is 3.46. The molecule has 1 aromatic rings. The number of aromatic nitrogens is 1. The van der Waals surface area contributed by atoms with Crippen LogP contribution in [0, 0.1) is 6.92 Å². The first kappa shape index (κ1) is 7.13. The van der Waals surface area contributed by atoms with Gasteiger partial charge in [-0.25, -0.2) is 4.98 Å². The van der Waals surface area contributed by atoms with E-state index >= 15 is 0 Å². The van der Waals surface area contributed by atoms with E-state index < -0.39 is 0 Å². The average molecular weight is 134 g/mol. The van der Waals surface area contributed by atoms with Gasteiger partial charge >= 0.3 is 0 Å². The minimum absolute atomic E-state index is 0.669. The van der Waals surface area contributed by atoms with Crippen molar-refractivity contribution >= 4 is 18.6 Å². The number of hydrogen-bond acceptors (Lipinski definition) is 2. The molecule has 0 saturated carbocycles. The van der Waals surface area contributed by atoms with Crippen LogP contribution < -0.4 is 11.2 Å². The van der Waals surface area contributed by atoms with Gasteiger partial charge in [0.25, 0.3) is 0 Å². The number of anilines is 1. The molecule has 0 atom stereocenters. The van der Waals surface area contributed by atoms with E-state index in [0.717, 1.165) is 18.4 Å². The lowest BCUT2D eigenvalue weighted by Gasteiger charge is -2.00. The Morgan fingerprint density at radius 3 is 2.70 bits per heavy atom. The van der Waals surface area contributed by atoms with E-state index in [-0.39, 0.29) is 0 Å². The van der Waals surface area contributed by atoms with Gasteiger partial charge in [0.05, 0.1) is 0 Å². The number of aryl methyl sites for hydroxylation is 1. The van der Waals surface area contributed by atoms with E-state index in [9.17, 15) is 0 Å². The van der Waals surface area contributed by atoms with Crippen LogP contribution in [0.2, 0.25) is 6.82 Å². The Hall–Kier alpha value is -0.985. The zero-order chi connectivity index (χ0) is 7.56. The number of rotatable bonds is 1. The zero-order valence-electron chi connectivity index (χ0n) is 6.39. The molecule has 0 saturated heterocycles. The molecular formula is C7H11BN2. The van der Waals surface area contributed by atoms with E-state index in [2.05, 4.69) is 11.8 Å². The fraction of sp³-hybridized carbons (Fsp3) is 0.286. The fourth-order valence-electron chi connectivity index (χ4n) is 0.905. The molecule has 10 heavy (non-hydrogen) atoms. The molecule has 1 rings (SSSR count). The second-order valence-corrected chi connectivity index (χ2v) is 2.35. The van der Waals surface area contributed by atoms with Crippen LogP contribution in [0.5, 0.6) is 0 Å². The van der Waals surface area contributed by atoms with Gasteiger partial charge in [0.1, 0.15) is 5.82 Å². The quantitative estimate of drug-likeness (QED) is 0.552. The maximum atomic E-state index is 5.62. The summed E-state index contributed by atoms with van der Waals surface area (Å²) in [6.45, 7) is 4.01. The van der Waals surface area contributed by atoms with Gasteiger partial charge < -0.3 is 5.73 Å². The van der Waals surface area contributed by atoms with Crippen molar-refractivity contribution in [2.24, 2.45) is 0 Å². The number of nitrogens with two attached hydrogens (primary N) is 1. The largest absolute Gasteiger partial charge is 0.384 e. The molecular weight excluding hydrogens is 123 g/mol. The molecule has 0 amide bonds. The van der Waals surface area contributed by atoms with Crippen LogP contribution in [-0.4, -0.2) is 12.3 Å². The van der Waals surface area contributed by atoms with Gasteiger partial charge in [-0.1, -0.05) is 12.9 Å². The third kappa shape index (κ3) is 1.29. The number of hydrogen-bond donors (Lipinski definition) is 1. The highest BCUT2D eigenvalue weighted by Gasteiger charge is 1.96. The van der Waals surface area contributed by atoms with Crippen LogP contribution in [0.25, 0.3) is 0 Å². The summed E-state index contributed by atoms with van der Waals surface area (Å²) in [5, 5.41) is 0. The lowest BCUT2D eigenvalue weighted by atomic mass is 9.73. The van der Waals surface area contributed by atoms with Gasteiger partial charge in [-0.05, 0) is 18.5 Å². The summed E-state index contributed by atoms with van der Waals surface area (Å²) in [6, 6.07) is 4.01. The highest BCUT2D eigenvalue weighted by atomic mass is 14.8. The summed E-state index contributed by atoms with van der Waals surface area (Å²) in [5.41, 5.74) is 7.73. The topological polar surface area (TPSA) is 38.9 Å². The highest BCUT2D eigenvalue weighted by Crippen LogP contribution is 1.94. The highest BCUT2D eigenvalue weighted by molar-refractivity contribution is 6.53. The van der Waals surface area contributed by atoms with Crippen LogP contribution in [0.3, 0.4) is 0 Å². The van der Waals surface area contributed by atoms with Crippen molar-refractivity contribution in [3.63, 3.8) is 0 Å². The van der Waals surface area contributed by atoms with Crippen LogP contribution in [0.15, 0.2) is 12.1 Å². The van der Waals surface area contributed by atoms with E-state index in [1.807, 2.05) is 19.1 Å². The maximum Gasteiger partial charge on any atom is 0.159 e. The summed E-state index contributed by atoms with van der Waals surface area (Å²) >= 11 is 0. The molecule has 0 unspecified atom stereocenters. The van der Waals surface area contributed by atoms with Crippen molar-refractivity contribution < 1.29 is 0 Å². The van der Waals surface area contributed by atoms with Gasteiger partial charge in [0, 0.05) is 5.69 Å². The molecule has 52 valence electrons. The molecule has 1 aromatic heterocycles. The monoisotopic (exact) mass is 134 g/mol. The van der Waals surface area contributed by atoms with Crippen molar-refractivity contribution in [2.75, 3.05) is 5.73 Å². The molecule has 3 heteroatoms. The van der Waals surface area contributed by atoms with Gasteiger partial charge in [0.2, 0.25) is 0 Å². The summed E-state index contributed by atoms with van der Waals surface area (Å²) in [5.74, 6) is 0.669. The zero-order valence-corrected chi connectivity index (χ0v) is 6.39. The van der Waals surface area contributed by atoms with Crippen molar-refractivity contribution in [3.05, 3.63) is 17.8 Å². The molecule has 2 N–H and O–H groups in total. The normalized spacial score (nSPS) is 9.40. The molecule has 2 nitrogen and oxygen atoms in total.